The van der Waals surface area contributed by atoms with Crippen LogP contribution in [0.25, 0.3) is 0 Å². The monoisotopic (exact) mass is 274 g/mol. The highest BCUT2D eigenvalue weighted by molar-refractivity contribution is 6.02. The van der Waals surface area contributed by atoms with E-state index in [1.807, 2.05) is 0 Å². The summed E-state index contributed by atoms with van der Waals surface area (Å²) < 4.78 is 42.9. The van der Waals surface area contributed by atoms with Gasteiger partial charge < -0.3 is 4.52 Å². The minimum absolute atomic E-state index is 0.0530. The Morgan fingerprint density at radius 3 is 2.58 bits per heavy atom. The van der Waals surface area contributed by atoms with Gasteiger partial charge in [0.05, 0.1) is 5.69 Å². The van der Waals surface area contributed by atoms with Crippen molar-refractivity contribution in [2.75, 3.05) is 5.32 Å². The minimum atomic E-state index is -4.60. The highest BCUT2D eigenvalue weighted by Gasteiger charge is 2.35. The number of carbonyl (C=O) groups excluding carboxylic acids is 1. The van der Waals surface area contributed by atoms with Gasteiger partial charge in [-0.3, -0.25) is 14.8 Å². The van der Waals surface area contributed by atoms with Crippen molar-refractivity contribution >= 4 is 11.8 Å². The molecule has 0 aliphatic carbocycles. The van der Waals surface area contributed by atoms with Gasteiger partial charge in [-0.15, -0.1) is 0 Å². The maximum absolute atomic E-state index is 12.4. The van der Waals surface area contributed by atoms with Crippen molar-refractivity contribution in [1.82, 2.24) is 14.9 Å². The molecule has 6 nitrogen and oxygen atoms in total. The van der Waals surface area contributed by atoms with Crippen LogP contribution in [0, 0.1) is 6.92 Å². The van der Waals surface area contributed by atoms with E-state index < -0.39 is 17.8 Å². The molecule has 0 aliphatic rings. The van der Waals surface area contributed by atoms with Crippen molar-refractivity contribution in [1.29, 1.82) is 0 Å². The molecule has 1 amide bonds. The standard InChI is InChI=1S/C10H9F3N4O2/c1-5-3-8(19-16-5)14-9(18)6-4-7(10(11,12)13)15-17(6)2/h3-4H,1-2H3,(H,14,18). The van der Waals surface area contributed by atoms with E-state index >= 15 is 0 Å². The zero-order valence-electron chi connectivity index (χ0n) is 9.95. The molecule has 2 aromatic rings. The molecule has 0 bridgehead atoms. The molecule has 0 atom stereocenters. The summed E-state index contributed by atoms with van der Waals surface area (Å²) in [6, 6.07) is 2.11. The van der Waals surface area contributed by atoms with Crippen LogP contribution in [0.3, 0.4) is 0 Å². The van der Waals surface area contributed by atoms with E-state index in [1.54, 1.807) is 6.92 Å². The Balaban J connectivity index is 2.22. The van der Waals surface area contributed by atoms with Gasteiger partial charge >= 0.3 is 6.18 Å². The smallest absolute Gasteiger partial charge is 0.338 e. The lowest BCUT2D eigenvalue weighted by Gasteiger charge is -2.00. The van der Waals surface area contributed by atoms with Gasteiger partial charge in [0.2, 0.25) is 5.88 Å². The lowest BCUT2D eigenvalue weighted by molar-refractivity contribution is -0.141. The zero-order valence-corrected chi connectivity index (χ0v) is 9.95. The highest BCUT2D eigenvalue weighted by Crippen LogP contribution is 2.28. The fourth-order valence-electron chi connectivity index (χ4n) is 1.42. The van der Waals surface area contributed by atoms with Gasteiger partial charge in [0.15, 0.2) is 5.69 Å². The second-order valence-corrected chi connectivity index (χ2v) is 3.82. The fraction of sp³-hybridized carbons (Fsp3) is 0.300. The Hall–Kier alpha value is -2.32. The third-order valence-electron chi connectivity index (χ3n) is 2.27. The number of nitrogens with zero attached hydrogens (tertiary/aromatic N) is 3. The van der Waals surface area contributed by atoms with Crippen molar-refractivity contribution in [3.05, 3.63) is 29.2 Å². The number of aromatic nitrogens is 3. The van der Waals surface area contributed by atoms with Gasteiger partial charge in [0, 0.05) is 19.2 Å². The van der Waals surface area contributed by atoms with E-state index in [1.165, 1.54) is 13.1 Å². The minimum Gasteiger partial charge on any atom is -0.338 e. The molecule has 102 valence electrons. The van der Waals surface area contributed by atoms with Crippen molar-refractivity contribution in [3.63, 3.8) is 0 Å². The first-order valence-electron chi connectivity index (χ1n) is 5.13. The lowest BCUT2D eigenvalue weighted by atomic mass is 10.3. The van der Waals surface area contributed by atoms with Crippen LogP contribution in [0.1, 0.15) is 21.9 Å². The van der Waals surface area contributed by atoms with Crippen LogP contribution in [0.2, 0.25) is 0 Å². The van der Waals surface area contributed by atoms with Crippen molar-refractivity contribution in [3.8, 4) is 0 Å². The van der Waals surface area contributed by atoms with Gasteiger partial charge in [-0.05, 0) is 6.92 Å². The van der Waals surface area contributed by atoms with E-state index in [0.717, 1.165) is 4.68 Å². The lowest BCUT2D eigenvalue weighted by Crippen LogP contribution is -2.15. The van der Waals surface area contributed by atoms with Crippen LogP contribution < -0.4 is 5.32 Å². The Morgan fingerprint density at radius 2 is 2.11 bits per heavy atom. The second kappa shape index (κ2) is 4.41. The molecule has 0 aliphatic heterocycles. The van der Waals surface area contributed by atoms with Crippen LogP contribution >= 0.6 is 0 Å². The zero-order chi connectivity index (χ0) is 14.2. The SMILES string of the molecule is Cc1cc(NC(=O)c2cc(C(F)(F)F)nn2C)on1. The molecule has 0 saturated carbocycles. The maximum Gasteiger partial charge on any atom is 0.435 e. The topological polar surface area (TPSA) is 73.0 Å². The Morgan fingerprint density at radius 1 is 1.42 bits per heavy atom. The van der Waals surface area contributed by atoms with Crippen LogP contribution in [0.4, 0.5) is 19.1 Å². The molecule has 0 unspecified atom stereocenters. The van der Waals surface area contributed by atoms with Gasteiger partial charge in [-0.2, -0.15) is 18.3 Å². The maximum atomic E-state index is 12.4. The molecule has 19 heavy (non-hydrogen) atoms. The van der Waals surface area contributed by atoms with Gasteiger partial charge in [-0.1, -0.05) is 5.16 Å². The van der Waals surface area contributed by atoms with E-state index in [0.29, 0.717) is 11.8 Å². The Kier molecular flexibility index (Phi) is 3.05. The molecule has 0 spiro atoms. The van der Waals surface area contributed by atoms with Crippen LogP contribution in [0.15, 0.2) is 16.7 Å². The number of nitrogens with one attached hydrogen (secondary N) is 1. The average molecular weight is 274 g/mol. The molecule has 0 radical (unpaired) electrons. The molecular formula is C10H9F3N4O2. The molecule has 0 aromatic carbocycles. The third kappa shape index (κ3) is 2.75. The summed E-state index contributed by atoms with van der Waals surface area (Å²) in [5, 5.41) is 9.06. The molecule has 1 N–H and O–H groups in total. The number of hydrogen-bond donors (Lipinski definition) is 1. The summed E-state index contributed by atoms with van der Waals surface area (Å²) in [5.74, 6) is -0.709. The van der Waals surface area contributed by atoms with E-state index in [4.69, 9.17) is 4.52 Å². The third-order valence-corrected chi connectivity index (χ3v) is 2.27. The van der Waals surface area contributed by atoms with Crippen molar-refractivity contribution in [2.24, 2.45) is 7.05 Å². The number of carbonyl (C=O) groups is 1. The van der Waals surface area contributed by atoms with Gasteiger partial charge in [0.1, 0.15) is 5.69 Å². The van der Waals surface area contributed by atoms with Crippen molar-refractivity contribution < 1.29 is 22.5 Å². The predicted molar refractivity (Wildman–Crippen MR) is 57.4 cm³/mol. The van der Waals surface area contributed by atoms with Gasteiger partial charge in [0.25, 0.3) is 5.91 Å². The van der Waals surface area contributed by atoms with Gasteiger partial charge in [-0.25, -0.2) is 0 Å². The number of aryl methyl sites for hydroxylation is 2. The van der Waals surface area contributed by atoms with E-state index in [9.17, 15) is 18.0 Å². The second-order valence-electron chi connectivity index (χ2n) is 3.82. The molecule has 0 fully saturated rings. The Bertz CT molecular complexity index is 615. The summed E-state index contributed by atoms with van der Waals surface area (Å²) >= 11 is 0. The normalized spacial score (nSPS) is 11.6. The first-order chi connectivity index (χ1) is 8.77. The molecule has 2 rings (SSSR count). The summed E-state index contributed by atoms with van der Waals surface area (Å²) in [6.07, 6.45) is -4.60. The number of hydrogen-bond acceptors (Lipinski definition) is 4. The molecule has 2 heterocycles. The first kappa shape index (κ1) is 13.1. The number of anilines is 1. The largest absolute Gasteiger partial charge is 0.435 e. The first-order valence-corrected chi connectivity index (χ1v) is 5.13. The molecule has 9 heteroatoms. The van der Waals surface area contributed by atoms with E-state index in [2.05, 4.69) is 15.6 Å². The summed E-state index contributed by atoms with van der Waals surface area (Å²) in [5.41, 5.74) is -0.827. The molecule has 0 saturated heterocycles. The quantitative estimate of drug-likeness (QED) is 0.908. The van der Waals surface area contributed by atoms with Crippen LogP contribution in [-0.4, -0.2) is 20.8 Å². The Labute approximate surface area is 105 Å². The number of alkyl halides is 3. The number of halogens is 3. The number of amides is 1. The summed E-state index contributed by atoms with van der Waals surface area (Å²) in [4.78, 5) is 11.8. The molecule has 2 aromatic heterocycles. The summed E-state index contributed by atoms with van der Waals surface area (Å²) in [6.45, 7) is 1.64. The predicted octanol–water partition coefficient (Wildman–Crippen LogP) is 1.99. The van der Waals surface area contributed by atoms with Crippen molar-refractivity contribution in [2.45, 2.75) is 13.1 Å². The number of rotatable bonds is 2. The van der Waals surface area contributed by atoms with E-state index in [-0.39, 0.29) is 11.6 Å². The molecular weight excluding hydrogens is 265 g/mol. The highest BCUT2D eigenvalue weighted by atomic mass is 19.4. The average Bonchev–Trinajstić information content (AvgIpc) is 2.84. The van der Waals surface area contributed by atoms with Crippen LogP contribution in [-0.2, 0) is 13.2 Å². The van der Waals surface area contributed by atoms with Crippen LogP contribution in [0.5, 0.6) is 0 Å². The fourth-order valence-corrected chi connectivity index (χ4v) is 1.42. The summed E-state index contributed by atoms with van der Waals surface area (Å²) in [7, 11) is 1.25.